The molecule has 0 aromatic heterocycles. The summed E-state index contributed by atoms with van der Waals surface area (Å²) in [4.78, 5) is 0. The molecular weight excluding hydrogens is 553 g/mol. The van der Waals surface area contributed by atoms with Crippen molar-refractivity contribution in [3.05, 3.63) is 166 Å². The Hall–Kier alpha value is -3.90. The van der Waals surface area contributed by atoms with Crippen molar-refractivity contribution in [2.24, 2.45) is 5.41 Å². The van der Waals surface area contributed by atoms with Crippen LogP contribution in [0.1, 0.15) is 114 Å². The second-order valence-corrected chi connectivity index (χ2v) is 16.3. The van der Waals surface area contributed by atoms with Gasteiger partial charge in [0.2, 0.25) is 0 Å². The molecule has 0 saturated carbocycles. The summed E-state index contributed by atoms with van der Waals surface area (Å²) in [6.45, 7) is 22.9. The molecule has 0 atom stereocenters. The Labute approximate surface area is 279 Å². The molecule has 0 N–H and O–H groups in total. The molecule has 0 radical (unpaired) electrons. The van der Waals surface area contributed by atoms with Gasteiger partial charge in [0.15, 0.2) is 0 Å². The highest BCUT2D eigenvalue weighted by Crippen LogP contribution is 2.62. The fourth-order valence-corrected chi connectivity index (χ4v) is 8.00. The van der Waals surface area contributed by atoms with Crippen molar-refractivity contribution in [1.82, 2.24) is 0 Å². The summed E-state index contributed by atoms with van der Waals surface area (Å²) >= 11 is 0. The molecule has 2 aliphatic rings. The zero-order valence-corrected chi connectivity index (χ0v) is 29.4. The van der Waals surface area contributed by atoms with Gasteiger partial charge in [-0.05, 0) is 80.0 Å². The van der Waals surface area contributed by atoms with Crippen LogP contribution in [0.2, 0.25) is 0 Å². The van der Waals surface area contributed by atoms with E-state index in [0.717, 1.165) is 19.3 Å². The van der Waals surface area contributed by atoms with E-state index >= 15 is 0 Å². The van der Waals surface area contributed by atoms with Crippen molar-refractivity contribution in [2.75, 3.05) is 0 Å². The minimum Gasteiger partial charge on any atom is -0.103 e. The van der Waals surface area contributed by atoms with E-state index in [4.69, 9.17) is 0 Å². The summed E-state index contributed by atoms with van der Waals surface area (Å²) in [5.74, 6) is 0.113. The van der Waals surface area contributed by atoms with Crippen molar-refractivity contribution in [1.29, 1.82) is 0 Å². The number of fused-ring (bicyclic) bond motifs is 3. The molecule has 0 saturated heterocycles. The molecule has 6 rings (SSSR count). The molecule has 0 fully saturated rings. The molecule has 0 spiro atoms. The molecule has 4 aromatic rings. The van der Waals surface area contributed by atoms with Crippen molar-refractivity contribution >= 4 is 0 Å². The molecule has 46 heavy (non-hydrogen) atoms. The normalized spacial score (nSPS) is 15.3. The highest BCUT2D eigenvalue weighted by atomic mass is 14.5. The first-order valence-corrected chi connectivity index (χ1v) is 17.2. The fourth-order valence-electron chi connectivity index (χ4n) is 8.00. The maximum atomic E-state index is 4.03. The van der Waals surface area contributed by atoms with Gasteiger partial charge < -0.3 is 0 Å². The Kier molecular flexibility index (Phi) is 8.17. The van der Waals surface area contributed by atoms with Gasteiger partial charge in [-0.25, -0.2) is 0 Å². The number of benzene rings is 4. The zero-order chi connectivity index (χ0) is 32.9. The minimum atomic E-state index is -0.400. The number of hydrogen-bond acceptors (Lipinski definition) is 0. The highest BCUT2D eigenvalue weighted by Gasteiger charge is 2.51. The first kappa shape index (κ1) is 32.1. The smallest absolute Gasteiger partial charge is 0.0526 e. The van der Waals surface area contributed by atoms with E-state index in [-0.39, 0.29) is 22.2 Å². The van der Waals surface area contributed by atoms with Gasteiger partial charge in [-0.15, -0.1) is 6.58 Å². The first-order valence-electron chi connectivity index (χ1n) is 17.2. The van der Waals surface area contributed by atoms with Crippen LogP contribution in [-0.2, 0) is 16.2 Å². The lowest BCUT2D eigenvalue weighted by Crippen LogP contribution is -2.37. The van der Waals surface area contributed by atoms with Crippen LogP contribution in [0, 0.1) is 5.41 Å². The van der Waals surface area contributed by atoms with Crippen LogP contribution >= 0.6 is 0 Å². The van der Waals surface area contributed by atoms with Gasteiger partial charge in [-0.2, -0.15) is 0 Å². The van der Waals surface area contributed by atoms with Gasteiger partial charge in [0, 0.05) is 5.92 Å². The van der Waals surface area contributed by atoms with Crippen LogP contribution in [0.25, 0.3) is 11.1 Å². The van der Waals surface area contributed by atoms with E-state index in [1.165, 1.54) is 55.7 Å². The average Bonchev–Trinajstić information content (AvgIpc) is 3.65. The van der Waals surface area contributed by atoms with Gasteiger partial charge in [0.1, 0.15) is 0 Å². The second kappa shape index (κ2) is 11.7. The van der Waals surface area contributed by atoms with Crippen LogP contribution in [-0.4, -0.2) is 0 Å². The number of hydrogen-bond donors (Lipinski definition) is 0. The maximum Gasteiger partial charge on any atom is 0.0526 e. The van der Waals surface area contributed by atoms with Crippen LogP contribution in [0.15, 0.2) is 133 Å². The Balaban J connectivity index is 1.69. The summed E-state index contributed by atoms with van der Waals surface area (Å²) in [6, 6.07) is 37.5. The summed E-state index contributed by atoms with van der Waals surface area (Å²) in [5.41, 5.74) is 13.9. The molecule has 4 aromatic carbocycles. The quantitative estimate of drug-likeness (QED) is 0.176. The molecule has 2 aliphatic carbocycles. The third kappa shape index (κ3) is 5.45. The molecule has 0 amide bonds. The number of rotatable bonds is 8. The van der Waals surface area contributed by atoms with Gasteiger partial charge in [-0.3, -0.25) is 0 Å². The maximum absolute atomic E-state index is 4.03. The monoisotopic (exact) mass is 604 g/mol. The number of allylic oxidation sites excluding steroid dienone is 5. The summed E-state index contributed by atoms with van der Waals surface area (Å²) < 4.78 is 0. The SMILES string of the molecule is C=CCCC(C)(C)C1=CC=C(C(c2ccccc2)(c2ccccc2)C2c3cc(C(C)(C)C)ccc3-c3ccc(C(C)(C)C)cc32)C1. The van der Waals surface area contributed by atoms with E-state index in [9.17, 15) is 0 Å². The van der Waals surface area contributed by atoms with Crippen LogP contribution in [0.4, 0.5) is 0 Å². The largest absolute Gasteiger partial charge is 0.103 e. The molecule has 0 nitrogen and oxygen atoms in total. The van der Waals surface area contributed by atoms with Gasteiger partial charge in [0.25, 0.3) is 0 Å². The fraction of sp³-hybridized carbons (Fsp3) is 0.348. The van der Waals surface area contributed by atoms with Crippen molar-refractivity contribution < 1.29 is 0 Å². The molecule has 0 heteroatoms. The molecule has 0 heterocycles. The van der Waals surface area contributed by atoms with E-state index < -0.39 is 5.41 Å². The summed E-state index contributed by atoms with van der Waals surface area (Å²) in [7, 11) is 0. The van der Waals surface area contributed by atoms with E-state index in [1.54, 1.807) is 0 Å². The first-order chi connectivity index (χ1) is 21.8. The third-order valence-corrected chi connectivity index (χ3v) is 10.9. The van der Waals surface area contributed by atoms with Gasteiger partial charge >= 0.3 is 0 Å². The standard InChI is InChI=1S/C46H52/c1-10-11-28-45(8,9)36-22-23-37(29-36)46(32-18-14-12-15-19-32,33-20-16-13-17-21-33)42-40-30-34(43(2,3)4)24-26-38(40)39-27-25-35(31-41(39)42)44(5,6)7/h10,12-27,30-31,42H,1,11,28-29H2,2-9H3. The zero-order valence-electron chi connectivity index (χ0n) is 29.4. The summed E-state index contributed by atoms with van der Waals surface area (Å²) in [5, 5.41) is 0. The van der Waals surface area contributed by atoms with E-state index in [1.807, 2.05) is 0 Å². The van der Waals surface area contributed by atoms with Gasteiger partial charge in [0.05, 0.1) is 5.41 Å². The lowest BCUT2D eigenvalue weighted by molar-refractivity contribution is 0.399. The van der Waals surface area contributed by atoms with Crippen LogP contribution in [0.3, 0.4) is 0 Å². The van der Waals surface area contributed by atoms with E-state index in [0.29, 0.717) is 0 Å². The third-order valence-electron chi connectivity index (χ3n) is 10.9. The Bertz CT molecular complexity index is 1690. The molecular formula is C46H52. The highest BCUT2D eigenvalue weighted by molar-refractivity contribution is 5.83. The van der Waals surface area contributed by atoms with Crippen molar-refractivity contribution in [3.8, 4) is 11.1 Å². The van der Waals surface area contributed by atoms with Crippen molar-refractivity contribution in [3.63, 3.8) is 0 Å². The van der Waals surface area contributed by atoms with Crippen molar-refractivity contribution in [2.45, 2.75) is 96.8 Å². The molecule has 0 aliphatic heterocycles. The second-order valence-electron chi connectivity index (χ2n) is 16.3. The summed E-state index contributed by atoms with van der Waals surface area (Å²) in [6.07, 6.45) is 10.1. The minimum absolute atomic E-state index is 0.0452. The average molecular weight is 605 g/mol. The van der Waals surface area contributed by atoms with E-state index in [2.05, 4.69) is 177 Å². The molecule has 236 valence electrons. The lowest BCUT2D eigenvalue weighted by atomic mass is 9.57. The molecule has 0 unspecified atom stereocenters. The Morgan fingerprint density at radius 2 is 1.04 bits per heavy atom. The predicted molar refractivity (Wildman–Crippen MR) is 199 cm³/mol. The Morgan fingerprint density at radius 1 is 0.587 bits per heavy atom. The lowest BCUT2D eigenvalue weighted by Gasteiger charge is -2.44. The molecule has 0 bridgehead atoms. The topological polar surface area (TPSA) is 0 Å². The van der Waals surface area contributed by atoms with Crippen LogP contribution < -0.4 is 0 Å². The predicted octanol–water partition coefficient (Wildman–Crippen LogP) is 12.6. The Morgan fingerprint density at radius 3 is 1.48 bits per heavy atom. The van der Waals surface area contributed by atoms with Gasteiger partial charge in [-0.1, -0.05) is 182 Å². The van der Waals surface area contributed by atoms with Crippen LogP contribution in [0.5, 0.6) is 0 Å².